The van der Waals surface area contributed by atoms with E-state index in [4.69, 9.17) is 14.2 Å². The maximum atomic E-state index is 12.6. The van der Waals surface area contributed by atoms with Crippen molar-refractivity contribution in [2.45, 2.75) is 6.04 Å². The molecule has 1 atom stereocenters. The van der Waals surface area contributed by atoms with Crippen LogP contribution < -0.4 is 14.2 Å². The number of rotatable bonds is 3. The van der Waals surface area contributed by atoms with Gasteiger partial charge in [-0.25, -0.2) is 0 Å². The van der Waals surface area contributed by atoms with Crippen molar-refractivity contribution >= 4 is 17.4 Å². The van der Waals surface area contributed by atoms with E-state index in [1.807, 2.05) is 0 Å². The molecule has 0 bridgehead atoms. The molecule has 2 heterocycles. The summed E-state index contributed by atoms with van der Waals surface area (Å²) in [6.45, 7) is 0.122. The zero-order valence-corrected chi connectivity index (χ0v) is 14.8. The summed E-state index contributed by atoms with van der Waals surface area (Å²) in [6, 6.07) is 11.1. The first-order valence-corrected chi connectivity index (χ1v) is 8.30. The summed E-state index contributed by atoms with van der Waals surface area (Å²) < 4.78 is 15.8. The Morgan fingerprint density at radius 1 is 1.11 bits per heavy atom. The average Bonchev–Trinajstić information content (AvgIpc) is 3.25. The number of methoxy groups -OCH3 is 1. The van der Waals surface area contributed by atoms with Crippen molar-refractivity contribution in [3.63, 3.8) is 0 Å². The van der Waals surface area contributed by atoms with Crippen LogP contribution in [0.2, 0.25) is 0 Å². The van der Waals surface area contributed by atoms with Crippen molar-refractivity contribution in [1.29, 1.82) is 0 Å². The van der Waals surface area contributed by atoms with Crippen LogP contribution in [0.1, 0.15) is 17.2 Å². The number of ether oxygens (including phenoxy) is 3. The van der Waals surface area contributed by atoms with Crippen molar-refractivity contribution < 1.29 is 28.9 Å². The van der Waals surface area contributed by atoms with Crippen LogP contribution in [0.15, 0.2) is 48.0 Å². The Morgan fingerprint density at radius 3 is 2.52 bits per heavy atom. The fourth-order valence-electron chi connectivity index (χ4n) is 3.33. The number of nitrogens with zero attached hydrogens (tertiary/aromatic N) is 1. The van der Waals surface area contributed by atoms with E-state index < -0.39 is 17.7 Å². The van der Waals surface area contributed by atoms with Crippen molar-refractivity contribution in [1.82, 2.24) is 4.90 Å². The standard InChI is InChI=1S/C20H17NO6/c1-21-17(12-5-8-14-15(9-12)27-10-26-14)16(19(23)20(21)24)18(22)11-3-6-13(25-2)7-4-11/h3-9,17,22H,10H2,1-2H3/b18-16-. The number of amides is 1. The molecule has 1 unspecified atom stereocenters. The molecular weight excluding hydrogens is 350 g/mol. The second kappa shape index (κ2) is 6.35. The van der Waals surface area contributed by atoms with Gasteiger partial charge in [-0.05, 0) is 42.0 Å². The van der Waals surface area contributed by atoms with E-state index in [1.165, 1.54) is 19.1 Å². The van der Waals surface area contributed by atoms with Gasteiger partial charge in [0.25, 0.3) is 11.7 Å². The zero-order chi connectivity index (χ0) is 19.1. The molecule has 0 aliphatic carbocycles. The molecule has 27 heavy (non-hydrogen) atoms. The summed E-state index contributed by atoms with van der Waals surface area (Å²) in [4.78, 5) is 26.2. The van der Waals surface area contributed by atoms with Gasteiger partial charge in [-0.2, -0.15) is 0 Å². The molecule has 2 aromatic rings. The molecule has 2 aromatic carbocycles. The predicted molar refractivity (Wildman–Crippen MR) is 95.6 cm³/mol. The minimum absolute atomic E-state index is 0.0338. The smallest absolute Gasteiger partial charge is 0.295 e. The second-order valence-electron chi connectivity index (χ2n) is 6.25. The maximum absolute atomic E-state index is 12.6. The number of Topliss-reactive ketones (excluding diaryl/α,β-unsaturated/α-hetero) is 1. The van der Waals surface area contributed by atoms with Gasteiger partial charge in [-0.1, -0.05) is 6.07 Å². The third-order valence-electron chi connectivity index (χ3n) is 4.75. The van der Waals surface area contributed by atoms with Crippen LogP contribution in [0.4, 0.5) is 0 Å². The van der Waals surface area contributed by atoms with Gasteiger partial charge in [-0.15, -0.1) is 0 Å². The lowest BCUT2D eigenvalue weighted by Gasteiger charge is -2.21. The van der Waals surface area contributed by atoms with E-state index in [2.05, 4.69) is 0 Å². The number of likely N-dealkylation sites (N-methyl/N-ethyl adjacent to an activating group) is 1. The minimum atomic E-state index is -0.728. The number of ketones is 1. The van der Waals surface area contributed by atoms with E-state index in [9.17, 15) is 14.7 Å². The van der Waals surface area contributed by atoms with Gasteiger partial charge in [0.15, 0.2) is 11.5 Å². The van der Waals surface area contributed by atoms with Crippen molar-refractivity contribution in [2.75, 3.05) is 21.0 Å². The van der Waals surface area contributed by atoms with Crippen LogP contribution in [0, 0.1) is 0 Å². The Balaban J connectivity index is 1.82. The normalized spacial score (nSPS) is 20.2. The Kier molecular flexibility index (Phi) is 3.99. The first-order chi connectivity index (χ1) is 13.0. The Morgan fingerprint density at radius 2 is 1.81 bits per heavy atom. The number of aliphatic hydroxyl groups excluding tert-OH is 1. The molecule has 7 heteroatoms. The Labute approximate surface area is 155 Å². The minimum Gasteiger partial charge on any atom is -0.507 e. The van der Waals surface area contributed by atoms with Gasteiger partial charge >= 0.3 is 0 Å². The molecule has 0 saturated carbocycles. The molecule has 0 spiro atoms. The molecule has 1 saturated heterocycles. The number of hydrogen-bond donors (Lipinski definition) is 1. The topological polar surface area (TPSA) is 85.3 Å². The monoisotopic (exact) mass is 367 g/mol. The van der Waals surface area contributed by atoms with E-state index in [0.717, 1.165) is 0 Å². The largest absolute Gasteiger partial charge is 0.507 e. The van der Waals surface area contributed by atoms with Gasteiger partial charge in [-0.3, -0.25) is 9.59 Å². The lowest BCUT2D eigenvalue weighted by molar-refractivity contribution is -0.139. The van der Waals surface area contributed by atoms with E-state index in [0.29, 0.717) is 28.4 Å². The number of aliphatic hydroxyl groups is 1. The number of carbonyl (C=O) groups excluding carboxylic acids is 2. The highest BCUT2D eigenvalue weighted by molar-refractivity contribution is 6.46. The van der Waals surface area contributed by atoms with Gasteiger partial charge in [0.2, 0.25) is 6.79 Å². The van der Waals surface area contributed by atoms with Crippen molar-refractivity contribution in [3.05, 3.63) is 59.2 Å². The molecule has 0 aromatic heterocycles. The Hall–Kier alpha value is -3.48. The molecule has 1 amide bonds. The van der Waals surface area contributed by atoms with E-state index in [-0.39, 0.29) is 18.1 Å². The maximum Gasteiger partial charge on any atom is 0.295 e. The number of benzene rings is 2. The second-order valence-corrected chi connectivity index (χ2v) is 6.25. The summed E-state index contributed by atoms with van der Waals surface area (Å²) in [7, 11) is 3.07. The van der Waals surface area contributed by atoms with E-state index >= 15 is 0 Å². The summed E-state index contributed by atoms with van der Waals surface area (Å²) >= 11 is 0. The summed E-state index contributed by atoms with van der Waals surface area (Å²) in [5, 5.41) is 10.8. The average molecular weight is 367 g/mol. The quantitative estimate of drug-likeness (QED) is 0.510. The highest BCUT2D eigenvalue weighted by Gasteiger charge is 2.44. The summed E-state index contributed by atoms with van der Waals surface area (Å²) in [5.41, 5.74) is 1.11. The van der Waals surface area contributed by atoms with E-state index in [1.54, 1.807) is 42.5 Å². The van der Waals surface area contributed by atoms with Crippen LogP contribution in [-0.2, 0) is 9.59 Å². The molecule has 2 aliphatic rings. The first kappa shape index (κ1) is 17.0. The zero-order valence-electron chi connectivity index (χ0n) is 14.8. The first-order valence-electron chi connectivity index (χ1n) is 8.30. The van der Waals surface area contributed by atoms with Crippen LogP contribution in [-0.4, -0.2) is 42.6 Å². The van der Waals surface area contributed by atoms with Gasteiger partial charge in [0.1, 0.15) is 11.5 Å². The molecule has 7 nitrogen and oxygen atoms in total. The summed E-state index contributed by atoms with van der Waals surface area (Å²) in [6.07, 6.45) is 0. The fourth-order valence-corrected chi connectivity index (χ4v) is 3.33. The SMILES string of the molecule is COc1ccc(/C(O)=C2/C(=O)C(=O)N(C)C2c2ccc3c(c2)OCO3)cc1. The van der Waals surface area contributed by atoms with Gasteiger partial charge in [0.05, 0.1) is 18.7 Å². The number of likely N-dealkylation sites (tertiary alicyclic amines) is 1. The van der Waals surface area contributed by atoms with Gasteiger partial charge in [0, 0.05) is 12.6 Å². The molecule has 1 N–H and O–H groups in total. The van der Waals surface area contributed by atoms with Crippen LogP contribution in [0.3, 0.4) is 0 Å². The third-order valence-corrected chi connectivity index (χ3v) is 4.75. The number of hydrogen-bond acceptors (Lipinski definition) is 6. The van der Waals surface area contributed by atoms with Crippen molar-refractivity contribution in [3.8, 4) is 17.2 Å². The number of fused-ring (bicyclic) bond motifs is 1. The molecule has 1 fully saturated rings. The molecule has 4 rings (SSSR count). The molecule has 2 aliphatic heterocycles. The van der Waals surface area contributed by atoms with Crippen LogP contribution >= 0.6 is 0 Å². The van der Waals surface area contributed by atoms with Crippen LogP contribution in [0.5, 0.6) is 17.2 Å². The predicted octanol–water partition coefficient (Wildman–Crippen LogP) is 2.48. The lowest BCUT2D eigenvalue weighted by atomic mass is 9.95. The fraction of sp³-hybridized carbons (Fsp3) is 0.200. The highest BCUT2D eigenvalue weighted by Crippen LogP contribution is 2.42. The van der Waals surface area contributed by atoms with Gasteiger partial charge < -0.3 is 24.2 Å². The highest BCUT2D eigenvalue weighted by atomic mass is 16.7. The van der Waals surface area contributed by atoms with Crippen LogP contribution in [0.25, 0.3) is 5.76 Å². The summed E-state index contributed by atoms with van der Waals surface area (Å²) in [5.74, 6) is 0.122. The lowest BCUT2D eigenvalue weighted by Crippen LogP contribution is -2.24. The molecule has 0 radical (unpaired) electrons. The Bertz CT molecular complexity index is 963. The molecule has 138 valence electrons. The number of carbonyl (C=O) groups is 2. The third kappa shape index (κ3) is 2.68. The molecular formula is C20H17NO6. The van der Waals surface area contributed by atoms with Crippen molar-refractivity contribution in [2.24, 2.45) is 0 Å².